The van der Waals surface area contributed by atoms with Gasteiger partial charge in [0.15, 0.2) is 11.5 Å². The van der Waals surface area contributed by atoms with Crippen molar-refractivity contribution in [3.63, 3.8) is 0 Å². The molecular weight excluding hydrogens is 568 g/mol. The lowest BCUT2D eigenvalue weighted by Crippen LogP contribution is -2.36. The average molecular weight is 588 g/mol. The minimum absolute atomic E-state index is 0.200. The molecule has 184 valence electrons. The first-order valence-corrected chi connectivity index (χ1v) is 12.7. The third kappa shape index (κ3) is 6.10. The molecule has 0 bridgehead atoms. The fourth-order valence-corrected chi connectivity index (χ4v) is 4.98. The van der Waals surface area contributed by atoms with E-state index in [0.29, 0.717) is 32.2 Å². The SMILES string of the molecule is COc1cc(/C=C2/SC(=O)N(CC(=O)Nc3ccccc3)C2=O)cc(Br)c1OCc1ccccc1Cl. The Kier molecular flexibility index (Phi) is 8.35. The number of nitrogens with one attached hydrogen (secondary N) is 1. The molecule has 1 saturated heterocycles. The predicted octanol–water partition coefficient (Wildman–Crippen LogP) is 6.37. The zero-order valence-corrected chi connectivity index (χ0v) is 22.2. The number of halogens is 2. The Bertz CT molecular complexity index is 1350. The molecule has 0 unspecified atom stereocenters. The highest BCUT2D eigenvalue weighted by atomic mass is 79.9. The number of para-hydroxylation sites is 1. The molecule has 1 fully saturated rings. The van der Waals surface area contributed by atoms with Crippen LogP contribution in [0.3, 0.4) is 0 Å². The number of carbonyl (C=O) groups excluding carboxylic acids is 3. The number of ether oxygens (including phenoxy) is 2. The Morgan fingerprint density at radius 2 is 1.83 bits per heavy atom. The number of methoxy groups -OCH3 is 1. The van der Waals surface area contributed by atoms with Crippen molar-refractivity contribution in [2.45, 2.75) is 6.61 Å². The van der Waals surface area contributed by atoms with Gasteiger partial charge in [-0.05, 0) is 69.7 Å². The number of amides is 3. The quantitative estimate of drug-likeness (QED) is 0.309. The molecule has 0 radical (unpaired) electrons. The van der Waals surface area contributed by atoms with Crippen LogP contribution in [0.4, 0.5) is 10.5 Å². The number of thioether (sulfide) groups is 1. The van der Waals surface area contributed by atoms with E-state index in [1.807, 2.05) is 24.3 Å². The van der Waals surface area contributed by atoms with E-state index in [0.717, 1.165) is 22.2 Å². The van der Waals surface area contributed by atoms with Crippen molar-refractivity contribution < 1.29 is 23.9 Å². The van der Waals surface area contributed by atoms with E-state index in [1.165, 1.54) is 7.11 Å². The number of benzene rings is 3. The van der Waals surface area contributed by atoms with E-state index in [1.54, 1.807) is 48.5 Å². The van der Waals surface area contributed by atoms with Gasteiger partial charge >= 0.3 is 0 Å². The average Bonchev–Trinajstić information content (AvgIpc) is 3.11. The van der Waals surface area contributed by atoms with Crippen molar-refractivity contribution in [3.8, 4) is 11.5 Å². The number of carbonyl (C=O) groups is 3. The van der Waals surface area contributed by atoms with Crippen molar-refractivity contribution in [2.24, 2.45) is 0 Å². The summed E-state index contributed by atoms with van der Waals surface area (Å²) in [7, 11) is 1.51. The zero-order chi connectivity index (χ0) is 25.7. The largest absolute Gasteiger partial charge is 0.493 e. The number of hydrogen-bond acceptors (Lipinski definition) is 6. The summed E-state index contributed by atoms with van der Waals surface area (Å²) < 4.78 is 12.0. The highest BCUT2D eigenvalue weighted by molar-refractivity contribution is 9.10. The van der Waals surface area contributed by atoms with Crippen LogP contribution in [0.1, 0.15) is 11.1 Å². The van der Waals surface area contributed by atoms with Crippen LogP contribution in [0.2, 0.25) is 5.02 Å². The summed E-state index contributed by atoms with van der Waals surface area (Å²) in [4.78, 5) is 38.8. The van der Waals surface area contributed by atoms with Gasteiger partial charge in [0.25, 0.3) is 11.1 Å². The van der Waals surface area contributed by atoms with Crippen LogP contribution >= 0.6 is 39.3 Å². The zero-order valence-electron chi connectivity index (χ0n) is 19.0. The standard InChI is InChI=1S/C26H20BrClN2O5S/c1-34-21-12-16(11-19(27)24(21)35-15-17-7-5-6-10-20(17)28)13-22-25(32)30(26(33)36-22)14-23(31)29-18-8-3-2-4-9-18/h2-13H,14-15H2,1H3,(H,29,31)/b22-13+. The summed E-state index contributed by atoms with van der Waals surface area (Å²) in [5.74, 6) is -0.0964. The molecule has 0 aliphatic carbocycles. The number of nitrogens with zero attached hydrogens (tertiary/aromatic N) is 1. The fraction of sp³-hybridized carbons (Fsp3) is 0.115. The molecule has 0 aromatic heterocycles. The Hall–Kier alpha value is -3.27. The van der Waals surface area contributed by atoms with Gasteiger partial charge in [0.05, 0.1) is 16.5 Å². The van der Waals surface area contributed by atoms with Crippen LogP contribution in [-0.2, 0) is 16.2 Å². The first-order valence-electron chi connectivity index (χ1n) is 10.7. The lowest BCUT2D eigenvalue weighted by molar-refractivity contribution is -0.127. The summed E-state index contributed by atoms with van der Waals surface area (Å²) in [6.07, 6.45) is 1.57. The molecule has 1 N–H and O–H groups in total. The van der Waals surface area contributed by atoms with Gasteiger partial charge in [0, 0.05) is 16.3 Å². The molecule has 3 aromatic carbocycles. The molecular formula is C26H20BrClN2O5S. The highest BCUT2D eigenvalue weighted by Gasteiger charge is 2.36. The van der Waals surface area contributed by atoms with Gasteiger partial charge in [-0.15, -0.1) is 0 Å². The summed E-state index contributed by atoms with van der Waals surface area (Å²) >= 11 is 10.5. The van der Waals surface area contributed by atoms with Crippen LogP contribution in [0.15, 0.2) is 76.1 Å². The lowest BCUT2D eigenvalue weighted by atomic mass is 10.1. The van der Waals surface area contributed by atoms with Crippen molar-refractivity contribution in [3.05, 3.63) is 92.3 Å². The number of anilines is 1. The van der Waals surface area contributed by atoms with Gasteiger partial charge in [-0.1, -0.05) is 48.0 Å². The van der Waals surface area contributed by atoms with Crippen molar-refractivity contribution in [1.29, 1.82) is 0 Å². The van der Waals surface area contributed by atoms with Gasteiger partial charge in [-0.3, -0.25) is 19.3 Å². The summed E-state index contributed by atoms with van der Waals surface area (Å²) in [5.41, 5.74) is 2.02. The molecule has 0 spiro atoms. The van der Waals surface area contributed by atoms with E-state index < -0.39 is 17.1 Å². The summed E-state index contributed by atoms with van der Waals surface area (Å²) in [5, 5.41) is 2.75. The minimum atomic E-state index is -0.539. The topological polar surface area (TPSA) is 84.9 Å². The lowest BCUT2D eigenvalue weighted by Gasteiger charge is -2.14. The molecule has 1 heterocycles. The summed E-state index contributed by atoms with van der Waals surface area (Å²) in [6, 6.07) is 19.6. The Balaban J connectivity index is 1.48. The first-order chi connectivity index (χ1) is 17.4. The normalized spacial score (nSPS) is 14.3. The van der Waals surface area contributed by atoms with Gasteiger partial charge < -0.3 is 14.8 Å². The van der Waals surface area contributed by atoms with E-state index in [2.05, 4.69) is 21.2 Å². The van der Waals surface area contributed by atoms with Crippen LogP contribution < -0.4 is 14.8 Å². The van der Waals surface area contributed by atoms with Gasteiger partial charge in [0.2, 0.25) is 5.91 Å². The smallest absolute Gasteiger partial charge is 0.294 e. The van der Waals surface area contributed by atoms with Crippen LogP contribution in [0, 0.1) is 0 Å². The molecule has 0 atom stereocenters. The third-order valence-electron chi connectivity index (χ3n) is 5.11. The Labute approximate surface area is 225 Å². The van der Waals surface area contributed by atoms with E-state index in [9.17, 15) is 14.4 Å². The fourth-order valence-electron chi connectivity index (χ4n) is 3.38. The van der Waals surface area contributed by atoms with Crippen molar-refractivity contribution in [2.75, 3.05) is 19.0 Å². The van der Waals surface area contributed by atoms with Gasteiger partial charge in [-0.25, -0.2) is 0 Å². The maximum absolute atomic E-state index is 12.9. The second-order valence-electron chi connectivity index (χ2n) is 7.60. The third-order valence-corrected chi connectivity index (χ3v) is 6.98. The molecule has 0 saturated carbocycles. The highest BCUT2D eigenvalue weighted by Crippen LogP contribution is 2.39. The monoisotopic (exact) mass is 586 g/mol. The number of hydrogen-bond donors (Lipinski definition) is 1. The van der Waals surface area contributed by atoms with Crippen LogP contribution in [-0.4, -0.2) is 35.6 Å². The van der Waals surface area contributed by atoms with E-state index >= 15 is 0 Å². The second kappa shape index (κ2) is 11.6. The van der Waals surface area contributed by atoms with E-state index in [-0.39, 0.29) is 18.1 Å². The predicted molar refractivity (Wildman–Crippen MR) is 144 cm³/mol. The summed E-state index contributed by atoms with van der Waals surface area (Å²) in [6.45, 7) is -0.142. The van der Waals surface area contributed by atoms with Crippen LogP contribution in [0.5, 0.6) is 11.5 Å². The molecule has 1 aliphatic rings. The van der Waals surface area contributed by atoms with Crippen LogP contribution in [0.25, 0.3) is 6.08 Å². The Morgan fingerprint density at radius 1 is 1.11 bits per heavy atom. The minimum Gasteiger partial charge on any atom is -0.493 e. The van der Waals surface area contributed by atoms with Crippen molar-refractivity contribution >= 4 is 68.1 Å². The van der Waals surface area contributed by atoms with Crippen molar-refractivity contribution in [1.82, 2.24) is 4.90 Å². The molecule has 7 nitrogen and oxygen atoms in total. The second-order valence-corrected chi connectivity index (χ2v) is 9.85. The molecule has 4 rings (SSSR count). The number of imide groups is 1. The number of rotatable bonds is 8. The van der Waals surface area contributed by atoms with Gasteiger partial charge in [0.1, 0.15) is 13.2 Å². The molecule has 1 aliphatic heterocycles. The maximum Gasteiger partial charge on any atom is 0.294 e. The van der Waals surface area contributed by atoms with Gasteiger partial charge in [-0.2, -0.15) is 0 Å². The molecule has 36 heavy (non-hydrogen) atoms. The Morgan fingerprint density at radius 3 is 2.56 bits per heavy atom. The maximum atomic E-state index is 12.9. The first kappa shape index (κ1) is 25.8. The molecule has 3 aromatic rings. The molecule has 3 amide bonds. The molecule has 10 heteroatoms. The van der Waals surface area contributed by atoms with E-state index in [4.69, 9.17) is 21.1 Å².